The molecule has 84 valence electrons. The van der Waals surface area contributed by atoms with E-state index in [4.69, 9.17) is 4.74 Å². The standard InChI is InChI=1S/C9H8N2O5/c1-6-7(16-9(13)15-6)4-14-8(12)11-3-2-10-5-11/h2-3,5H,4H2,1H3. The first-order valence-electron chi connectivity index (χ1n) is 4.41. The Labute approximate surface area is 89.3 Å². The average Bonchev–Trinajstić information content (AvgIpc) is 2.84. The molecule has 16 heavy (non-hydrogen) atoms. The van der Waals surface area contributed by atoms with Crippen LogP contribution in [0, 0.1) is 6.92 Å². The monoisotopic (exact) mass is 224 g/mol. The van der Waals surface area contributed by atoms with E-state index in [0.29, 0.717) is 5.76 Å². The maximum absolute atomic E-state index is 11.3. The van der Waals surface area contributed by atoms with Gasteiger partial charge >= 0.3 is 11.9 Å². The van der Waals surface area contributed by atoms with Gasteiger partial charge in [-0.3, -0.25) is 0 Å². The van der Waals surface area contributed by atoms with Crippen molar-refractivity contribution in [3.8, 4) is 0 Å². The van der Waals surface area contributed by atoms with Gasteiger partial charge in [-0.15, -0.1) is 0 Å². The summed E-state index contributed by atoms with van der Waals surface area (Å²) >= 11 is 0. The molecule has 2 rings (SSSR count). The maximum atomic E-state index is 11.3. The van der Waals surface area contributed by atoms with E-state index in [0.717, 1.165) is 4.57 Å². The fourth-order valence-corrected chi connectivity index (χ4v) is 1.08. The molecular weight excluding hydrogens is 216 g/mol. The van der Waals surface area contributed by atoms with Crippen molar-refractivity contribution < 1.29 is 18.4 Å². The number of aromatic nitrogens is 2. The van der Waals surface area contributed by atoms with E-state index in [2.05, 4.69) is 13.8 Å². The highest BCUT2D eigenvalue weighted by molar-refractivity contribution is 5.69. The van der Waals surface area contributed by atoms with Crippen molar-refractivity contribution in [3.63, 3.8) is 0 Å². The minimum absolute atomic E-state index is 0.158. The fourth-order valence-electron chi connectivity index (χ4n) is 1.08. The van der Waals surface area contributed by atoms with E-state index < -0.39 is 11.9 Å². The van der Waals surface area contributed by atoms with E-state index in [1.165, 1.54) is 18.7 Å². The van der Waals surface area contributed by atoms with Crippen molar-refractivity contribution in [2.45, 2.75) is 13.5 Å². The molecule has 0 spiro atoms. The molecule has 2 aromatic heterocycles. The summed E-state index contributed by atoms with van der Waals surface area (Å²) < 4.78 is 15.3. The number of hydrogen-bond acceptors (Lipinski definition) is 6. The zero-order chi connectivity index (χ0) is 11.5. The van der Waals surface area contributed by atoms with Crippen LogP contribution in [0.25, 0.3) is 0 Å². The molecule has 0 amide bonds. The predicted octanol–water partition coefficient (Wildman–Crippen LogP) is 0.923. The molecule has 2 heterocycles. The van der Waals surface area contributed by atoms with Gasteiger partial charge in [-0.1, -0.05) is 0 Å². The molecule has 0 radical (unpaired) electrons. The number of imidazole rings is 1. The van der Waals surface area contributed by atoms with Crippen molar-refractivity contribution in [2.75, 3.05) is 0 Å². The first-order chi connectivity index (χ1) is 7.66. The second-order valence-electron chi connectivity index (χ2n) is 2.96. The smallest absolute Gasteiger partial charge is 0.441 e. The molecule has 0 aromatic carbocycles. The first kappa shape index (κ1) is 10.2. The van der Waals surface area contributed by atoms with Gasteiger partial charge in [0.05, 0.1) is 0 Å². The summed E-state index contributed by atoms with van der Waals surface area (Å²) in [6.45, 7) is 1.39. The Morgan fingerprint density at radius 1 is 1.56 bits per heavy atom. The number of carbonyl (C=O) groups is 1. The third-order valence-electron chi connectivity index (χ3n) is 1.88. The largest absolute Gasteiger partial charge is 0.519 e. The van der Waals surface area contributed by atoms with Crippen molar-refractivity contribution in [1.82, 2.24) is 9.55 Å². The lowest BCUT2D eigenvalue weighted by Crippen LogP contribution is -2.11. The van der Waals surface area contributed by atoms with Crippen LogP contribution in [-0.2, 0) is 11.3 Å². The van der Waals surface area contributed by atoms with Crippen molar-refractivity contribution in [3.05, 3.63) is 40.9 Å². The zero-order valence-electron chi connectivity index (χ0n) is 8.37. The minimum Gasteiger partial charge on any atom is -0.441 e. The quantitative estimate of drug-likeness (QED) is 0.753. The molecule has 0 saturated heterocycles. The molecule has 0 fully saturated rings. The van der Waals surface area contributed by atoms with Gasteiger partial charge in [0, 0.05) is 12.4 Å². The first-order valence-corrected chi connectivity index (χ1v) is 4.41. The molecule has 0 saturated carbocycles. The Kier molecular flexibility index (Phi) is 2.59. The summed E-state index contributed by atoms with van der Waals surface area (Å²) in [5.74, 6) is -0.326. The van der Waals surface area contributed by atoms with Crippen LogP contribution in [0.4, 0.5) is 4.79 Å². The van der Waals surface area contributed by atoms with Crippen LogP contribution in [0.3, 0.4) is 0 Å². The van der Waals surface area contributed by atoms with Gasteiger partial charge in [0.25, 0.3) is 0 Å². The molecule has 0 aliphatic rings. The summed E-state index contributed by atoms with van der Waals surface area (Å²) in [6, 6.07) is 0. The number of carbonyl (C=O) groups excluding carboxylic acids is 1. The number of hydrogen-bond donors (Lipinski definition) is 0. The van der Waals surface area contributed by atoms with Gasteiger partial charge < -0.3 is 13.6 Å². The number of nitrogens with zero attached hydrogens (tertiary/aromatic N) is 2. The van der Waals surface area contributed by atoms with E-state index in [-0.39, 0.29) is 12.4 Å². The zero-order valence-corrected chi connectivity index (χ0v) is 8.37. The Balaban J connectivity index is 2.00. The van der Waals surface area contributed by atoms with Crippen molar-refractivity contribution in [1.29, 1.82) is 0 Å². The highest BCUT2D eigenvalue weighted by Gasteiger charge is 2.12. The van der Waals surface area contributed by atoms with Gasteiger partial charge in [-0.2, -0.15) is 0 Å². The van der Waals surface area contributed by atoms with Crippen LogP contribution in [0.1, 0.15) is 11.5 Å². The maximum Gasteiger partial charge on any atom is 0.519 e. The number of aryl methyl sites for hydroxylation is 1. The van der Waals surface area contributed by atoms with Gasteiger partial charge in [0.15, 0.2) is 18.1 Å². The number of ether oxygens (including phenoxy) is 1. The van der Waals surface area contributed by atoms with Crippen molar-refractivity contribution in [2.24, 2.45) is 0 Å². The third-order valence-corrected chi connectivity index (χ3v) is 1.88. The van der Waals surface area contributed by atoms with E-state index in [1.807, 2.05) is 0 Å². The van der Waals surface area contributed by atoms with Crippen LogP contribution in [0.2, 0.25) is 0 Å². The lowest BCUT2D eigenvalue weighted by Gasteiger charge is -2.01. The molecule has 0 unspecified atom stereocenters. The Morgan fingerprint density at radius 2 is 2.38 bits per heavy atom. The molecule has 2 aromatic rings. The second-order valence-corrected chi connectivity index (χ2v) is 2.96. The second kappa shape index (κ2) is 4.05. The molecule has 0 N–H and O–H groups in total. The Morgan fingerprint density at radius 3 is 2.94 bits per heavy atom. The van der Waals surface area contributed by atoms with Crippen LogP contribution < -0.4 is 5.82 Å². The van der Waals surface area contributed by atoms with Gasteiger partial charge in [-0.25, -0.2) is 19.1 Å². The molecule has 0 aliphatic carbocycles. The highest BCUT2D eigenvalue weighted by atomic mass is 16.6. The Bertz CT molecular complexity index is 537. The highest BCUT2D eigenvalue weighted by Crippen LogP contribution is 2.06. The molecular formula is C9H8N2O5. The van der Waals surface area contributed by atoms with Crippen LogP contribution in [-0.4, -0.2) is 15.6 Å². The van der Waals surface area contributed by atoms with Gasteiger partial charge in [0.1, 0.15) is 6.33 Å². The predicted molar refractivity (Wildman–Crippen MR) is 49.8 cm³/mol. The van der Waals surface area contributed by atoms with Gasteiger partial charge in [0.2, 0.25) is 0 Å². The summed E-state index contributed by atoms with van der Waals surface area (Å²) in [7, 11) is 0. The van der Waals surface area contributed by atoms with Crippen LogP contribution in [0.5, 0.6) is 0 Å². The summed E-state index contributed by atoms with van der Waals surface area (Å²) in [4.78, 5) is 25.7. The molecule has 0 bridgehead atoms. The van der Waals surface area contributed by atoms with E-state index in [9.17, 15) is 9.59 Å². The molecule has 0 atom stereocenters. The SMILES string of the molecule is Cc1oc(=O)oc1COC(=O)n1ccnc1. The van der Waals surface area contributed by atoms with Crippen LogP contribution in [0.15, 0.2) is 32.3 Å². The van der Waals surface area contributed by atoms with E-state index >= 15 is 0 Å². The normalized spacial score (nSPS) is 10.3. The Hall–Kier alpha value is -2.31. The van der Waals surface area contributed by atoms with Crippen LogP contribution >= 0.6 is 0 Å². The molecule has 0 aliphatic heterocycles. The van der Waals surface area contributed by atoms with Crippen molar-refractivity contribution >= 4 is 6.09 Å². The molecule has 7 heteroatoms. The lowest BCUT2D eigenvalue weighted by molar-refractivity contribution is 0.131. The molecule has 7 nitrogen and oxygen atoms in total. The summed E-state index contributed by atoms with van der Waals surface area (Å²) in [5, 5.41) is 0. The third kappa shape index (κ3) is 2.02. The van der Waals surface area contributed by atoms with E-state index in [1.54, 1.807) is 6.92 Å². The van der Waals surface area contributed by atoms with Gasteiger partial charge in [-0.05, 0) is 6.92 Å². The fraction of sp³-hybridized carbons (Fsp3) is 0.222. The summed E-state index contributed by atoms with van der Waals surface area (Å²) in [5.41, 5.74) is 0. The topological polar surface area (TPSA) is 87.5 Å². The minimum atomic E-state index is -0.814. The average molecular weight is 224 g/mol. The summed E-state index contributed by atoms with van der Waals surface area (Å²) in [6.07, 6.45) is 3.59. The lowest BCUT2D eigenvalue weighted by atomic mass is 10.4. The number of rotatable bonds is 2.